The number of hydrogen-bond acceptors (Lipinski definition) is 2. The van der Waals surface area contributed by atoms with E-state index in [9.17, 15) is 14.0 Å². The number of benzene rings is 1. The van der Waals surface area contributed by atoms with E-state index in [0.29, 0.717) is 16.6 Å². The van der Waals surface area contributed by atoms with E-state index in [0.717, 1.165) is 0 Å². The quantitative estimate of drug-likeness (QED) is 0.775. The first kappa shape index (κ1) is 15.4. The van der Waals surface area contributed by atoms with Gasteiger partial charge in [0.05, 0.1) is 11.6 Å². The van der Waals surface area contributed by atoms with Crippen molar-refractivity contribution in [3.05, 3.63) is 28.5 Å². The zero-order chi connectivity index (χ0) is 14.4. The molecule has 0 aromatic heterocycles. The third-order valence-electron chi connectivity index (χ3n) is 2.46. The fraction of sp³-hybridized carbons (Fsp3) is 0.333. The molecule has 0 aliphatic heterocycles. The summed E-state index contributed by atoms with van der Waals surface area (Å²) in [6, 6.07) is 3.42. The molecule has 2 amide bonds. The molecule has 1 atom stereocenters. The van der Waals surface area contributed by atoms with Crippen LogP contribution in [0.5, 0.6) is 0 Å². The van der Waals surface area contributed by atoms with Crippen molar-refractivity contribution in [2.75, 3.05) is 11.9 Å². The number of halogens is 2. The van der Waals surface area contributed by atoms with Gasteiger partial charge in [0.15, 0.2) is 0 Å². The van der Waals surface area contributed by atoms with Crippen LogP contribution in [0.4, 0.5) is 14.9 Å². The number of carbonyl (C=O) groups excluding carboxylic acids is 1. The van der Waals surface area contributed by atoms with Gasteiger partial charge in [-0.1, -0.05) is 6.92 Å². The molecule has 0 bridgehead atoms. The molecular formula is C12H14BrFN2O3. The van der Waals surface area contributed by atoms with Crippen LogP contribution in [0, 0.1) is 11.7 Å². The van der Waals surface area contributed by atoms with E-state index in [2.05, 4.69) is 26.6 Å². The molecule has 0 fully saturated rings. The number of carboxylic acids is 1. The molecular weight excluding hydrogens is 319 g/mol. The summed E-state index contributed by atoms with van der Waals surface area (Å²) in [4.78, 5) is 22.1. The standard InChI is InChI=1S/C12H14BrFN2O3/c1-7(11(17)18)4-5-15-12(19)16-10-6-8(14)2-3-9(10)13/h2-3,6-7H,4-5H2,1H3,(H,17,18)(H2,15,16,19). The number of amides is 2. The van der Waals surface area contributed by atoms with Gasteiger partial charge in [-0.3, -0.25) is 4.79 Å². The maximum absolute atomic E-state index is 13.0. The van der Waals surface area contributed by atoms with Crippen LogP contribution in [0.25, 0.3) is 0 Å². The average Bonchev–Trinajstić information content (AvgIpc) is 2.33. The molecule has 0 saturated carbocycles. The molecule has 0 heterocycles. The molecule has 0 radical (unpaired) electrons. The van der Waals surface area contributed by atoms with E-state index in [1.807, 2.05) is 0 Å². The van der Waals surface area contributed by atoms with E-state index in [1.54, 1.807) is 6.92 Å². The fourth-order valence-corrected chi connectivity index (χ4v) is 1.63. The Bertz CT molecular complexity index is 482. The summed E-state index contributed by atoms with van der Waals surface area (Å²) < 4.78 is 13.5. The minimum Gasteiger partial charge on any atom is -0.481 e. The Morgan fingerprint density at radius 3 is 2.79 bits per heavy atom. The first-order chi connectivity index (χ1) is 8.90. The summed E-state index contributed by atoms with van der Waals surface area (Å²) in [7, 11) is 0. The van der Waals surface area contributed by atoms with Gasteiger partial charge in [0.25, 0.3) is 0 Å². The Balaban J connectivity index is 2.43. The van der Waals surface area contributed by atoms with Crippen LogP contribution in [0.3, 0.4) is 0 Å². The van der Waals surface area contributed by atoms with E-state index >= 15 is 0 Å². The van der Waals surface area contributed by atoms with Crippen molar-refractivity contribution in [3.63, 3.8) is 0 Å². The summed E-state index contributed by atoms with van der Waals surface area (Å²) in [5.41, 5.74) is 0.309. The molecule has 1 unspecified atom stereocenters. The lowest BCUT2D eigenvalue weighted by atomic mass is 10.1. The number of rotatable bonds is 5. The first-order valence-corrected chi connectivity index (χ1v) is 6.42. The molecule has 1 aromatic carbocycles. The number of carbonyl (C=O) groups is 2. The van der Waals surface area contributed by atoms with Crippen molar-refractivity contribution in [3.8, 4) is 0 Å². The Kier molecular flexibility index (Phi) is 5.75. The molecule has 1 aromatic rings. The van der Waals surface area contributed by atoms with Gasteiger partial charge in [0.1, 0.15) is 5.82 Å². The number of aliphatic carboxylic acids is 1. The first-order valence-electron chi connectivity index (χ1n) is 5.63. The molecule has 0 aliphatic carbocycles. The van der Waals surface area contributed by atoms with Gasteiger partial charge in [0.2, 0.25) is 0 Å². The number of urea groups is 1. The second-order valence-electron chi connectivity index (χ2n) is 4.03. The Morgan fingerprint density at radius 2 is 2.16 bits per heavy atom. The third-order valence-corrected chi connectivity index (χ3v) is 3.15. The van der Waals surface area contributed by atoms with Gasteiger partial charge < -0.3 is 15.7 Å². The van der Waals surface area contributed by atoms with Gasteiger partial charge in [-0.25, -0.2) is 9.18 Å². The lowest BCUT2D eigenvalue weighted by Crippen LogP contribution is -2.31. The highest BCUT2D eigenvalue weighted by molar-refractivity contribution is 9.10. The van der Waals surface area contributed by atoms with Gasteiger partial charge in [0, 0.05) is 11.0 Å². The van der Waals surface area contributed by atoms with Crippen molar-refractivity contribution in [2.45, 2.75) is 13.3 Å². The lowest BCUT2D eigenvalue weighted by molar-refractivity contribution is -0.141. The van der Waals surface area contributed by atoms with Crippen LogP contribution in [0.15, 0.2) is 22.7 Å². The fourth-order valence-electron chi connectivity index (χ4n) is 1.29. The second-order valence-corrected chi connectivity index (χ2v) is 4.89. The number of hydrogen-bond donors (Lipinski definition) is 3. The van der Waals surface area contributed by atoms with E-state index in [1.165, 1.54) is 18.2 Å². The number of carboxylic acid groups (broad SMARTS) is 1. The Hall–Kier alpha value is -1.63. The van der Waals surface area contributed by atoms with Crippen molar-refractivity contribution in [1.82, 2.24) is 5.32 Å². The van der Waals surface area contributed by atoms with Crippen molar-refractivity contribution >= 4 is 33.6 Å². The molecule has 1 rings (SSSR count). The van der Waals surface area contributed by atoms with Crippen LogP contribution in [-0.2, 0) is 4.79 Å². The molecule has 0 saturated heterocycles. The second kappa shape index (κ2) is 7.08. The van der Waals surface area contributed by atoms with E-state index in [4.69, 9.17) is 5.11 Å². The minimum absolute atomic E-state index is 0.228. The molecule has 0 aliphatic rings. The summed E-state index contributed by atoms with van der Waals surface area (Å²) >= 11 is 3.18. The van der Waals surface area contributed by atoms with Crippen molar-refractivity contribution in [2.24, 2.45) is 5.92 Å². The highest BCUT2D eigenvalue weighted by Crippen LogP contribution is 2.22. The van der Waals surface area contributed by atoms with Crippen molar-refractivity contribution in [1.29, 1.82) is 0 Å². The minimum atomic E-state index is -0.907. The normalized spacial score (nSPS) is 11.7. The Labute approximate surface area is 118 Å². The van der Waals surface area contributed by atoms with Crippen LogP contribution >= 0.6 is 15.9 Å². The SMILES string of the molecule is CC(CCNC(=O)Nc1cc(F)ccc1Br)C(=O)O. The number of nitrogens with one attached hydrogen (secondary N) is 2. The highest BCUT2D eigenvalue weighted by Gasteiger charge is 2.11. The molecule has 19 heavy (non-hydrogen) atoms. The smallest absolute Gasteiger partial charge is 0.319 e. The Morgan fingerprint density at radius 1 is 1.47 bits per heavy atom. The van der Waals surface area contributed by atoms with Crippen LogP contribution < -0.4 is 10.6 Å². The average molecular weight is 333 g/mol. The zero-order valence-corrected chi connectivity index (χ0v) is 11.8. The summed E-state index contributed by atoms with van der Waals surface area (Å²) in [6.45, 7) is 1.79. The van der Waals surface area contributed by atoms with Crippen LogP contribution in [0.1, 0.15) is 13.3 Å². The maximum Gasteiger partial charge on any atom is 0.319 e. The van der Waals surface area contributed by atoms with Gasteiger partial charge in [-0.15, -0.1) is 0 Å². The third kappa shape index (κ3) is 5.25. The molecule has 0 spiro atoms. The number of anilines is 1. The van der Waals surface area contributed by atoms with Gasteiger partial charge in [-0.05, 0) is 40.5 Å². The van der Waals surface area contributed by atoms with Crippen LogP contribution in [0.2, 0.25) is 0 Å². The predicted octanol–water partition coefficient (Wildman–Crippen LogP) is 2.82. The maximum atomic E-state index is 13.0. The summed E-state index contributed by atoms with van der Waals surface area (Å²) in [5, 5.41) is 13.6. The zero-order valence-electron chi connectivity index (χ0n) is 10.2. The van der Waals surface area contributed by atoms with Crippen molar-refractivity contribution < 1.29 is 19.1 Å². The molecule has 5 nitrogen and oxygen atoms in total. The van der Waals surface area contributed by atoms with E-state index < -0.39 is 23.7 Å². The summed E-state index contributed by atoms with van der Waals surface area (Å²) in [5.74, 6) is -1.89. The lowest BCUT2D eigenvalue weighted by Gasteiger charge is -2.10. The van der Waals surface area contributed by atoms with Crippen LogP contribution in [-0.4, -0.2) is 23.7 Å². The summed E-state index contributed by atoms with van der Waals surface area (Å²) in [6.07, 6.45) is 0.326. The molecule has 7 heteroatoms. The van der Waals surface area contributed by atoms with E-state index in [-0.39, 0.29) is 6.54 Å². The van der Waals surface area contributed by atoms with Gasteiger partial charge >= 0.3 is 12.0 Å². The monoisotopic (exact) mass is 332 g/mol. The molecule has 104 valence electrons. The predicted molar refractivity (Wildman–Crippen MR) is 72.5 cm³/mol. The topological polar surface area (TPSA) is 78.4 Å². The highest BCUT2D eigenvalue weighted by atomic mass is 79.9. The van der Waals surface area contributed by atoms with Gasteiger partial charge in [-0.2, -0.15) is 0 Å². The molecule has 3 N–H and O–H groups in total. The largest absolute Gasteiger partial charge is 0.481 e.